The van der Waals surface area contributed by atoms with Gasteiger partial charge < -0.3 is 15.2 Å². The molecule has 1 heterocycles. The summed E-state index contributed by atoms with van der Waals surface area (Å²) in [5.74, 6) is 0.565. The first-order valence-corrected chi connectivity index (χ1v) is 8.16. The van der Waals surface area contributed by atoms with Crippen molar-refractivity contribution in [2.24, 2.45) is 5.73 Å². The molecular formula is C15H14FNO4S. The summed E-state index contributed by atoms with van der Waals surface area (Å²) in [5, 5.41) is -0.938. The molecule has 0 unspecified atom stereocenters. The highest BCUT2D eigenvalue weighted by Crippen LogP contribution is 2.37. The minimum Gasteiger partial charge on any atom is -0.454 e. The number of fused-ring (bicyclic) bond motifs is 1. The van der Waals surface area contributed by atoms with Crippen molar-refractivity contribution < 1.29 is 22.3 Å². The Kier molecular flexibility index (Phi) is 3.76. The van der Waals surface area contributed by atoms with E-state index in [4.69, 9.17) is 15.2 Å². The van der Waals surface area contributed by atoms with Crippen LogP contribution in [-0.2, 0) is 9.84 Å². The molecule has 2 aromatic carbocycles. The highest BCUT2D eigenvalue weighted by Gasteiger charge is 2.29. The van der Waals surface area contributed by atoms with Gasteiger partial charge in [0, 0.05) is 6.54 Å². The van der Waals surface area contributed by atoms with E-state index in [-0.39, 0.29) is 18.2 Å². The molecule has 7 heteroatoms. The zero-order valence-electron chi connectivity index (χ0n) is 11.5. The molecule has 22 heavy (non-hydrogen) atoms. The Morgan fingerprint density at radius 2 is 1.77 bits per heavy atom. The van der Waals surface area contributed by atoms with Crippen molar-refractivity contribution in [1.82, 2.24) is 0 Å². The summed E-state index contributed by atoms with van der Waals surface area (Å²) in [6.07, 6.45) is 0. The Balaban J connectivity index is 2.01. The molecule has 0 saturated heterocycles. The highest BCUT2D eigenvalue weighted by molar-refractivity contribution is 7.91. The molecule has 116 valence electrons. The molecule has 0 bridgehead atoms. The van der Waals surface area contributed by atoms with Gasteiger partial charge in [0.2, 0.25) is 6.79 Å². The summed E-state index contributed by atoms with van der Waals surface area (Å²) in [6, 6.07) is 9.61. The lowest BCUT2D eigenvalue weighted by Crippen LogP contribution is -2.22. The van der Waals surface area contributed by atoms with Crippen molar-refractivity contribution in [3.63, 3.8) is 0 Å². The third-order valence-electron chi connectivity index (χ3n) is 3.50. The SMILES string of the molecule is NC[C@H](c1ccc2c(c1)OCO2)S(=O)(=O)c1ccc(F)cc1. The zero-order valence-corrected chi connectivity index (χ0v) is 12.3. The predicted molar refractivity (Wildman–Crippen MR) is 77.9 cm³/mol. The molecular weight excluding hydrogens is 309 g/mol. The van der Waals surface area contributed by atoms with Gasteiger partial charge in [-0.1, -0.05) is 6.07 Å². The summed E-state index contributed by atoms with van der Waals surface area (Å²) in [5.41, 5.74) is 6.19. The van der Waals surface area contributed by atoms with E-state index in [1.165, 1.54) is 12.1 Å². The van der Waals surface area contributed by atoms with E-state index in [9.17, 15) is 12.8 Å². The first kappa shape index (κ1) is 14.8. The number of nitrogens with two attached hydrogens (primary N) is 1. The molecule has 1 aliphatic rings. The number of rotatable bonds is 4. The number of benzene rings is 2. The van der Waals surface area contributed by atoms with Gasteiger partial charge >= 0.3 is 0 Å². The lowest BCUT2D eigenvalue weighted by atomic mass is 10.1. The molecule has 1 aliphatic heterocycles. The Labute approximate surface area is 127 Å². The third-order valence-corrected chi connectivity index (χ3v) is 5.64. The Bertz CT molecular complexity index is 790. The van der Waals surface area contributed by atoms with E-state index in [1.807, 2.05) is 0 Å². The van der Waals surface area contributed by atoms with Gasteiger partial charge in [0.25, 0.3) is 0 Å². The predicted octanol–water partition coefficient (Wildman–Crippen LogP) is 2.03. The van der Waals surface area contributed by atoms with Crippen LogP contribution < -0.4 is 15.2 Å². The van der Waals surface area contributed by atoms with Gasteiger partial charge in [0.15, 0.2) is 21.3 Å². The third kappa shape index (κ3) is 2.53. The van der Waals surface area contributed by atoms with E-state index in [2.05, 4.69) is 0 Å². The van der Waals surface area contributed by atoms with Crippen LogP contribution in [-0.4, -0.2) is 21.8 Å². The van der Waals surface area contributed by atoms with Crippen molar-refractivity contribution in [1.29, 1.82) is 0 Å². The van der Waals surface area contributed by atoms with Crippen LogP contribution in [0, 0.1) is 5.82 Å². The fraction of sp³-hybridized carbons (Fsp3) is 0.200. The maximum absolute atomic E-state index is 13.0. The van der Waals surface area contributed by atoms with Crippen molar-refractivity contribution in [2.45, 2.75) is 10.1 Å². The fourth-order valence-electron chi connectivity index (χ4n) is 2.34. The highest BCUT2D eigenvalue weighted by atomic mass is 32.2. The van der Waals surface area contributed by atoms with E-state index in [0.717, 1.165) is 12.1 Å². The molecule has 1 atom stereocenters. The molecule has 2 N–H and O–H groups in total. The van der Waals surface area contributed by atoms with Crippen LogP contribution in [0.5, 0.6) is 11.5 Å². The van der Waals surface area contributed by atoms with E-state index >= 15 is 0 Å². The smallest absolute Gasteiger partial charge is 0.231 e. The van der Waals surface area contributed by atoms with Crippen molar-refractivity contribution >= 4 is 9.84 Å². The number of hydrogen-bond acceptors (Lipinski definition) is 5. The summed E-state index contributed by atoms with van der Waals surface area (Å²) >= 11 is 0. The summed E-state index contributed by atoms with van der Waals surface area (Å²) in [7, 11) is -3.73. The van der Waals surface area contributed by atoms with Crippen molar-refractivity contribution in [3.05, 3.63) is 53.8 Å². The van der Waals surface area contributed by atoms with Crippen LogP contribution in [0.25, 0.3) is 0 Å². The lowest BCUT2D eigenvalue weighted by Gasteiger charge is -2.16. The number of ether oxygens (including phenoxy) is 2. The maximum atomic E-state index is 13.0. The molecule has 5 nitrogen and oxygen atoms in total. The first-order valence-electron chi connectivity index (χ1n) is 6.61. The first-order chi connectivity index (χ1) is 10.5. The largest absolute Gasteiger partial charge is 0.454 e. The Hall–Kier alpha value is -2.12. The molecule has 0 radical (unpaired) electrons. The van der Waals surface area contributed by atoms with Gasteiger partial charge in [-0.05, 0) is 42.0 Å². The normalized spacial score (nSPS) is 14.8. The molecule has 0 aliphatic carbocycles. The zero-order chi connectivity index (χ0) is 15.7. The lowest BCUT2D eigenvalue weighted by molar-refractivity contribution is 0.174. The van der Waals surface area contributed by atoms with Crippen LogP contribution >= 0.6 is 0 Å². The van der Waals surface area contributed by atoms with Gasteiger partial charge in [0.1, 0.15) is 11.1 Å². The average Bonchev–Trinajstić information content (AvgIpc) is 2.96. The number of halogens is 1. The van der Waals surface area contributed by atoms with Crippen LogP contribution in [0.1, 0.15) is 10.8 Å². The standard InChI is InChI=1S/C15H14FNO4S/c16-11-2-4-12(5-3-11)22(18,19)15(8-17)10-1-6-13-14(7-10)21-9-20-13/h1-7,15H,8-9,17H2/t15-/m1/s1. The van der Waals surface area contributed by atoms with Gasteiger partial charge in [-0.15, -0.1) is 0 Å². The molecule has 0 amide bonds. The number of hydrogen-bond donors (Lipinski definition) is 1. The topological polar surface area (TPSA) is 78.6 Å². The van der Waals surface area contributed by atoms with Crippen LogP contribution in [0.4, 0.5) is 4.39 Å². The van der Waals surface area contributed by atoms with E-state index in [0.29, 0.717) is 17.1 Å². The number of sulfone groups is 1. The summed E-state index contributed by atoms with van der Waals surface area (Å²) < 4.78 is 48.8. The van der Waals surface area contributed by atoms with Gasteiger partial charge in [-0.3, -0.25) is 0 Å². The van der Waals surface area contributed by atoms with Crippen LogP contribution in [0.15, 0.2) is 47.4 Å². The van der Waals surface area contributed by atoms with Crippen molar-refractivity contribution in [3.8, 4) is 11.5 Å². The van der Waals surface area contributed by atoms with Crippen molar-refractivity contribution in [2.75, 3.05) is 13.3 Å². The minimum absolute atomic E-state index is 0.0296. The van der Waals surface area contributed by atoms with Gasteiger partial charge in [0.05, 0.1) is 4.90 Å². The molecule has 3 rings (SSSR count). The summed E-state index contributed by atoms with van der Waals surface area (Å²) in [4.78, 5) is 0.0296. The molecule has 0 spiro atoms. The fourth-order valence-corrected chi connectivity index (χ4v) is 3.95. The molecule has 0 fully saturated rings. The summed E-state index contributed by atoms with van der Waals surface area (Å²) in [6.45, 7) is 0.0101. The van der Waals surface area contributed by atoms with Gasteiger partial charge in [-0.2, -0.15) is 0 Å². The van der Waals surface area contributed by atoms with Gasteiger partial charge in [-0.25, -0.2) is 12.8 Å². The molecule has 0 saturated carbocycles. The second-order valence-corrected chi connectivity index (χ2v) is 6.97. The quantitative estimate of drug-likeness (QED) is 0.871. The maximum Gasteiger partial charge on any atom is 0.231 e. The van der Waals surface area contributed by atoms with Crippen LogP contribution in [0.2, 0.25) is 0 Å². The average molecular weight is 323 g/mol. The second kappa shape index (κ2) is 5.58. The second-order valence-electron chi connectivity index (χ2n) is 4.84. The Morgan fingerprint density at radius 1 is 1.09 bits per heavy atom. The molecule has 0 aromatic heterocycles. The van der Waals surface area contributed by atoms with E-state index in [1.54, 1.807) is 18.2 Å². The monoisotopic (exact) mass is 323 g/mol. The molecule has 2 aromatic rings. The Morgan fingerprint density at radius 3 is 2.45 bits per heavy atom. The van der Waals surface area contributed by atoms with E-state index < -0.39 is 20.9 Å². The van der Waals surface area contributed by atoms with Crippen LogP contribution in [0.3, 0.4) is 0 Å². The minimum atomic E-state index is -3.73.